The Morgan fingerprint density at radius 1 is 1.14 bits per heavy atom. The quantitative estimate of drug-likeness (QED) is 0.727. The Morgan fingerprint density at radius 2 is 1.95 bits per heavy atom. The minimum absolute atomic E-state index is 0.275. The Kier molecular flexibility index (Phi) is 3.93. The van der Waals surface area contributed by atoms with E-state index >= 15 is 0 Å². The summed E-state index contributed by atoms with van der Waals surface area (Å²) in [6.45, 7) is 2.36. The number of fused-ring (bicyclic) bond motifs is 1. The van der Waals surface area contributed by atoms with Crippen LogP contribution in [-0.2, 0) is 0 Å². The van der Waals surface area contributed by atoms with E-state index in [9.17, 15) is 0 Å². The SMILES string of the molecule is C#CCOc1ccc(Nc2nccc3cc(C)ccc23)cc1. The van der Waals surface area contributed by atoms with Crippen LogP contribution in [0.1, 0.15) is 5.56 Å². The summed E-state index contributed by atoms with van der Waals surface area (Å²) < 4.78 is 5.36. The van der Waals surface area contributed by atoms with Gasteiger partial charge < -0.3 is 10.1 Å². The van der Waals surface area contributed by atoms with E-state index in [4.69, 9.17) is 11.2 Å². The van der Waals surface area contributed by atoms with Gasteiger partial charge in [0.2, 0.25) is 0 Å². The van der Waals surface area contributed by atoms with Crippen LogP contribution >= 0.6 is 0 Å². The predicted octanol–water partition coefficient (Wildman–Crippen LogP) is 4.30. The fourth-order valence-electron chi connectivity index (χ4n) is 2.29. The van der Waals surface area contributed by atoms with E-state index in [2.05, 4.69) is 41.3 Å². The molecule has 0 fully saturated rings. The molecule has 2 aromatic carbocycles. The van der Waals surface area contributed by atoms with Crippen LogP contribution in [0.3, 0.4) is 0 Å². The zero-order chi connectivity index (χ0) is 15.4. The molecule has 3 rings (SSSR count). The number of anilines is 2. The first-order valence-electron chi connectivity index (χ1n) is 7.05. The normalized spacial score (nSPS) is 10.2. The summed E-state index contributed by atoms with van der Waals surface area (Å²) in [5.74, 6) is 4.04. The molecule has 0 bridgehead atoms. The highest BCUT2D eigenvalue weighted by atomic mass is 16.5. The molecule has 1 aromatic heterocycles. The minimum Gasteiger partial charge on any atom is -0.481 e. The molecule has 108 valence electrons. The summed E-state index contributed by atoms with van der Waals surface area (Å²) >= 11 is 0. The highest BCUT2D eigenvalue weighted by Gasteiger charge is 2.03. The van der Waals surface area contributed by atoms with Crippen molar-refractivity contribution in [2.24, 2.45) is 0 Å². The van der Waals surface area contributed by atoms with Crippen LogP contribution in [0.2, 0.25) is 0 Å². The molecular weight excluding hydrogens is 272 g/mol. The molecule has 0 aliphatic rings. The molecule has 0 unspecified atom stereocenters. The largest absolute Gasteiger partial charge is 0.481 e. The van der Waals surface area contributed by atoms with Gasteiger partial charge in [-0.2, -0.15) is 0 Å². The van der Waals surface area contributed by atoms with Gasteiger partial charge in [0.25, 0.3) is 0 Å². The van der Waals surface area contributed by atoms with Crippen molar-refractivity contribution in [3.05, 3.63) is 60.3 Å². The van der Waals surface area contributed by atoms with Crippen LogP contribution in [0.5, 0.6) is 5.75 Å². The van der Waals surface area contributed by atoms with E-state index in [0.29, 0.717) is 0 Å². The van der Waals surface area contributed by atoms with Crippen LogP contribution < -0.4 is 10.1 Å². The lowest BCUT2D eigenvalue weighted by molar-refractivity contribution is 0.370. The third kappa shape index (κ3) is 3.02. The van der Waals surface area contributed by atoms with Crippen LogP contribution in [-0.4, -0.2) is 11.6 Å². The van der Waals surface area contributed by atoms with E-state index < -0.39 is 0 Å². The number of ether oxygens (including phenoxy) is 1. The highest BCUT2D eigenvalue weighted by molar-refractivity contribution is 5.93. The van der Waals surface area contributed by atoms with Gasteiger partial charge in [-0.3, -0.25) is 0 Å². The fourth-order valence-corrected chi connectivity index (χ4v) is 2.29. The minimum atomic E-state index is 0.275. The zero-order valence-corrected chi connectivity index (χ0v) is 12.3. The number of terminal acetylenes is 1. The van der Waals surface area contributed by atoms with E-state index in [-0.39, 0.29) is 6.61 Å². The summed E-state index contributed by atoms with van der Waals surface area (Å²) in [4.78, 5) is 4.43. The summed E-state index contributed by atoms with van der Waals surface area (Å²) in [6.07, 6.45) is 6.99. The topological polar surface area (TPSA) is 34.1 Å². The van der Waals surface area contributed by atoms with Gasteiger partial charge in [-0.05, 0) is 42.6 Å². The van der Waals surface area contributed by atoms with Crippen molar-refractivity contribution in [3.8, 4) is 18.1 Å². The first-order valence-corrected chi connectivity index (χ1v) is 7.05. The Hall–Kier alpha value is -2.99. The summed E-state index contributed by atoms with van der Waals surface area (Å²) in [7, 11) is 0. The van der Waals surface area contributed by atoms with Crippen LogP contribution in [0, 0.1) is 19.3 Å². The summed E-state index contributed by atoms with van der Waals surface area (Å²) in [5.41, 5.74) is 2.19. The van der Waals surface area contributed by atoms with E-state index in [0.717, 1.165) is 22.6 Å². The average molecular weight is 288 g/mol. The third-order valence-electron chi connectivity index (χ3n) is 3.36. The van der Waals surface area contributed by atoms with Crippen LogP contribution in [0.15, 0.2) is 54.7 Å². The second kappa shape index (κ2) is 6.19. The number of nitrogens with zero attached hydrogens (tertiary/aromatic N) is 1. The van der Waals surface area contributed by atoms with Gasteiger partial charge in [0.05, 0.1) is 0 Å². The molecule has 0 atom stereocenters. The smallest absolute Gasteiger partial charge is 0.148 e. The van der Waals surface area contributed by atoms with Crippen molar-refractivity contribution in [1.82, 2.24) is 4.98 Å². The zero-order valence-electron chi connectivity index (χ0n) is 12.3. The fraction of sp³-hybridized carbons (Fsp3) is 0.105. The second-order valence-corrected chi connectivity index (χ2v) is 5.03. The van der Waals surface area contributed by atoms with Gasteiger partial charge in [0.1, 0.15) is 18.2 Å². The van der Waals surface area contributed by atoms with Crippen LogP contribution in [0.25, 0.3) is 10.8 Å². The molecule has 0 amide bonds. The standard InChI is InChI=1S/C19H16N2O/c1-3-12-22-17-7-5-16(6-8-17)21-19-18-9-4-14(2)13-15(18)10-11-20-19/h1,4-11,13H,12H2,2H3,(H,20,21). The summed E-state index contributed by atoms with van der Waals surface area (Å²) in [5, 5.41) is 5.61. The molecule has 3 heteroatoms. The van der Waals surface area contributed by atoms with E-state index in [1.54, 1.807) is 0 Å². The Morgan fingerprint density at radius 3 is 2.73 bits per heavy atom. The Labute approximate surface area is 130 Å². The second-order valence-electron chi connectivity index (χ2n) is 5.03. The molecular formula is C19H16N2O. The molecule has 22 heavy (non-hydrogen) atoms. The molecule has 3 nitrogen and oxygen atoms in total. The highest BCUT2D eigenvalue weighted by Crippen LogP contribution is 2.26. The maximum absolute atomic E-state index is 5.36. The number of nitrogens with one attached hydrogen (secondary N) is 1. The van der Waals surface area contributed by atoms with Crippen molar-refractivity contribution < 1.29 is 4.74 Å². The Balaban J connectivity index is 1.85. The van der Waals surface area contributed by atoms with Crippen molar-refractivity contribution in [2.75, 3.05) is 11.9 Å². The monoisotopic (exact) mass is 288 g/mol. The number of hydrogen-bond donors (Lipinski definition) is 1. The van der Waals surface area contributed by atoms with E-state index in [1.807, 2.05) is 36.5 Å². The van der Waals surface area contributed by atoms with Gasteiger partial charge in [-0.1, -0.05) is 29.7 Å². The van der Waals surface area contributed by atoms with Gasteiger partial charge in [0, 0.05) is 17.3 Å². The Bertz CT molecular complexity index is 832. The van der Waals surface area contributed by atoms with Crippen LogP contribution in [0.4, 0.5) is 11.5 Å². The van der Waals surface area contributed by atoms with Crippen molar-refractivity contribution in [2.45, 2.75) is 6.92 Å². The number of aromatic nitrogens is 1. The first kappa shape index (κ1) is 14.0. The number of rotatable bonds is 4. The van der Waals surface area contributed by atoms with Gasteiger partial charge in [-0.15, -0.1) is 6.42 Å². The molecule has 1 heterocycles. The molecule has 0 aliphatic carbocycles. The molecule has 0 saturated carbocycles. The molecule has 0 aliphatic heterocycles. The first-order chi connectivity index (χ1) is 10.8. The lowest BCUT2D eigenvalue weighted by Gasteiger charge is -2.10. The molecule has 0 saturated heterocycles. The number of pyridine rings is 1. The molecule has 0 radical (unpaired) electrons. The van der Waals surface area contributed by atoms with Crippen molar-refractivity contribution in [1.29, 1.82) is 0 Å². The maximum Gasteiger partial charge on any atom is 0.148 e. The molecule has 0 spiro atoms. The van der Waals surface area contributed by atoms with E-state index in [1.165, 1.54) is 10.9 Å². The average Bonchev–Trinajstić information content (AvgIpc) is 2.54. The van der Waals surface area contributed by atoms with Crippen molar-refractivity contribution in [3.63, 3.8) is 0 Å². The summed E-state index contributed by atoms with van der Waals surface area (Å²) in [6, 6.07) is 16.0. The molecule has 3 aromatic rings. The van der Waals surface area contributed by atoms with Gasteiger partial charge >= 0.3 is 0 Å². The van der Waals surface area contributed by atoms with Gasteiger partial charge in [-0.25, -0.2) is 4.98 Å². The van der Waals surface area contributed by atoms with Gasteiger partial charge in [0.15, 0.2) is 0 Å². The van der Waals surface area contributed by atoms with Crippen molar-refractivity contribution >= 4 is 22.3 Å². The lowest BCUT2D eigenvalue weighted by atomic mass is 10.1. The number of hydrogen-bond acceptors (Lipinski definition) is 3. The number of aryl methyl sites for hydroxylation is 1. The number of benzene rings is 2. The lowest BCUT2D eigenvalue weighted by Crippen LogP contribution is -1.96. The predicted molar refractivity (Wildman–Crippen MR) is 90.5 cm³/mol. The molecule has 1 N–H and O–H groups in total. The maximum atomic E-state index is 5.36. The third-order valence-corrected chi connectivity index (χ3v) is 3.36.